The Labute approximate surface area is 120 Å². The van der Waals surface area contributed by atoms with Crippen molar-refractivity contribution >= 4 is 20.5 Å². The molecule has 0 aliphatic heterocycles. The van der Waals surface area contributed by atoms with E-state index < -0.39 is 25.8 Å². The maximum absolute atomic E-state index is 12.5. The lowest BCUT2D eigenvalue weighted by molar-refractivity contribution is 0.585. The van der Waals surface area contributed by atoms with Crippen molar-refractivity contribution < 1.29 is 16.8 Å². The summed E-state index contributed by atoms with van der Waals surface area (Å²) in [6.07, 6.45) is 0. The summed E-state index contributed by atoms with van der Waals surface area (Å²) in [5.74, 6) is 0. The normalized spacial score (nSPS) is 13.3. The highest BCUT2D eigenvalue weighted by Gasteiger charge is 2.24. The average Bonchev–Trinajstić information content (AvgIpc) is 2.47. The topological polar surface area (TPSA) is 68.3 Å². The van der Waals surface area contributed by atoms with Crippen LogP contribution in [0.4, 0.5) is 0 Å². The van der Waals surface area contributed by atoms with E-state index >= 15 is 0 Å². The third-order valence-corrected chi connectivity index (χ3v) is 5.96. The molecule has 4 nitrogen and oxygen atoms in total. The van der Waals surface area contributed by atoms with Gasteiger partial charge in [0, 0.05) is 0 Å². The Kier molecular flexibility index (Phi) is 4.25. The number of sulfone groups is 1. The molecule has 0 saturated heterocycles. The predicted molar refractivity (Wildman–Crippen MR) is 77.1 cm³/mol. The standard InChI is InChI=1S/C14H14O4S2/c1-11(12-5-3-2-4-6-12)20(17,18)14-9-7-13(8-10-14)19(15)16/h2-11,19H,1H3. The molecule has 20 heavy (non-hydrogen) atoms. The molecule has 1 atom stereocenters. The van der Waals surface area contributed by atoms with Crippen LogP contribution in [0.2, 0.25) is 0 Å². The average molecular weight is 310 g/mol. The van der Waals surface area contributed by atoms with Crippen LogP contribution in [-0.4, -0.2) is 16.8 Å². The molecular formula is C14H14O4S2. The van der Waals surface area contributed by atoms with Crippen LogP contribution >= 0.6 is 0 Å². The monoisotopic (exact) mass is 310 g/mol. The first-order chi connectivity index (χ1) is 9.43. The summed E-state index contributed by atoms with van der Waals surface area (Å²) in [5, 5.41) is -0.685. The van der Waals surface area contributed by atoms with Crippen LogP contribution in [-0.2, 0) is 20.5 Å². The molecule has 0 aliphatic carbocycles. The number of thiol groups is 1. The van der Waals surface area contributed by atoms with Gasteiger partial charge in [0.1, 0.15) is 0 Å². The van der Waals surface area contributed by atoms with Crippen molar-refractivity contribution in [3.63, 3.8) is 0 Å². The number of benzene rings is 2. The minimum absolute atomic E-state index is 0.103. The van der Waals surface area contributed by atoms with Gasteiger partial charge in [-0.2, -0.15) is 0 Å². The highest BCUT2D eigenvalue weighted by molar-refractivity contribution is 7.91. The van der Waals surface area contributed by atoms with Gasteiger partial charge in [0.15, 0.2) is 20.5 Å². The molecule has 0 spiro atoms. The summed E-state index contributed by atoms with van der Waals surface area (Å²) in [7, 11) is -6.23. The van der Waals surface area contributed by atoms with Crippen molar-refractivity contribution in [2.24, 2.45) is 0 Å². The first-order valence-corrected chi connectivity index (χ1v) is 8.68. The molecule has 0 radical (unpaired) electrons. The molecule has 0 saturated carbocycles. The molecule has 1 unspecified atom stereocenters. The smallest absolute Gasteiger partial charge is 0.185 e. The maximum Gasteiger partial charge on any atom is 0.185 e. The minimum Gasteiger partial charge on any atom is -0.227 e. The highest BCUT2D eigenvalue weighted by Crippen LogP contribution is 2.28. The lowest BCUT2D eigenvalue weighted by Gasteiger charge is -2.13. The molecule has 2 rings (SSSR count). The van der Waals surface area contributed by atoms with E-state index in [1.165, 1.54) is 24.3 Å². The van der Waals surface area contributed by atoms with Gasteiger partial charge < -0.3 is 0 Å². The second-order valence-electron chi connectivity index (χ2n) is 4.35. The lowest BCUT2D eigenvalue weighted by atomic mass is 10.2. The first-order valence-electron chi connectivity index (χ1n) is 5.96. The fourth-order valence-electron chi connectivity index (χ4n) is 1.86. The molecule has 0 bridgehead atoms. The molecule has 0 amide bonds. The van der Waals surface area contributed by atoms with Gasteiger partial charge >= 0.3 is 0 Å². The van der Waals surface area contributed by atoms with Crippen molar-refractivity contribution in [1.82, 2.24) is 0 Å². The van der Waals surface area contributed by atoms with Crippen LogP contribution < -0.4 is 0 Å². The van der Waals surface area contributed by atoms with Crippen LogP contribution in [0.3, 0.4) is 0 Å². The quantitative estimate of drug-likeness (QED) is 0.879. The Balaban J connectivity index is 2.40. The SMILES string of the molecule is CC(c1ccccc1)S(=O)(=O)c1ccc([SH](=O)=O)cc1. The van der Waals surface area contributed by atoms with Crippen molar-refractivity contribution in [1.29, 1.82) is 0 Å². The van der Waals surface area contributed by atoms with Crippen LogP contribution in [0.5, 0.6) is 0 Å². The number of hydrogen-bond acceptors (Lipinski definition) is 4. The Morgan fingerprint density at radius 2 is 1.45 bits per heavy atom. The van der Waals surface area contributed by atoms with Crippen molar-refractivity contribution in [2.75, 3.05) is 0 Å². The molecule has 0 fully saturated rings. The summed E-state index contributed by atoms with van der Waals surface area (Å²) in [5.41, 5.74) is 0.700. The van der Waals surface area contributed by atoms with Crippen LogP contribution in [0.25, 0.3) is 0 Å². The third kappa shape index (κ3) is 2.91. The van der Waals surface area contributed by atoms with Crippen molar-refractivity contribution in [3.8, 4) is 0 Å². The van der Waals surface area contributed by atoms with Gasteiger partial charge in [-0.15, -0.1) is 0 Å². The predicted octanol–water partition coefficient (Wildman–Crippen LogP) is 2.19. The Morgan fingerprint density at radius 3 is 1.95 bits per heavy atom. The van der Waals surface area contributed by atoms with Gasteiger partial charge in [0.05, 0.1) is 15.0 Å². The molecular weight excluding hydrogens is 296 g/mol. The maximum atomic E-state index is 12.5. The van der Waals surface area contributed by atoms with E-state index in [-0.39, 0.29) is 9.79 Å². The number of hydrogen-bond donors (Lipinski definition) is 1. The van der Waals surface area contributed by atoms with E-state index in [0.717, 1.165) is 0 Å². The van der Waals surface area contributed by atoms with Crippen molar-refractivity contribution in [2.45, 2.75) is 22.0 Å². The van der Waals surface area contributed by atoms with Gasteiger partial charge in [0.25, 0.3) is 0 Å². The Morgan fingerprint density at radius 1 is 0.900 bits per heavy atom. The highest BCUT2D eigenvalue weighted by atomic mass is 32.2. The minimum atomic E-state index is -3.53. The molecule has 0 aliphatic rings. The van der Waals surface area contributed by atoms with Crippen LogP contribution in [0, 0.1) is 0 Å². The zero-order valence-corrected chi connectivity index (χ0v) is 12.5. The molecule has 0 heterocycles. The van der Waals surface area contributed by atoms with Gasteiger partial charge in [-0.05, 0) is 36.8 Å². The fraction of sp³-hybridized carbons (Fsp3) is 0.143. The zero-order valence-electron chi connectivity index (χ0n) is 10.8. The van der Waals surface area contributed by atoms with Crippen molar-refractivity contribution in [3.05, 3.63) is 60.2 Å². The summed E-state index contributed by atoms with van der Waals surface area (Å²) in [4.78, 5) is 0.223. The largest absolute Gasteiger partial charge is 0.227 e. The van der Waals surface area contributed by atoms with E-state index in [9.17, 15) is 16.8 Å². The zero-order chi connectivity index (χ0) is 14.8. The number of rotatable bonds is 4. The fourth-order valence-corrected chi connectivity index (χ4v) is 3.70. The molecule has 106 valence electrons. The third-order valence-electron chi connectivity index (χ3n) is 3.11. The van der Waals surface area contributed by atoms with E-state index in [2.05, 4.69) is 0 Å². The van der Waals surface area contributed by atoms with Crippen LogP contribution in [0.15, 0.2) is 64.4 Å². The summed E-state index contributed by atoms with van der Waals surface area (Å²) in [6, 6.07) is 14.2. The molecule has 2 aromatic rings. The van der Waals surface area contributed by atoms with Gasteiger partial charge in [-0.25, -0.2) is 16.8 Å². The van der Waals surface area contributed by atoms with Gasteiger partial charge in [-0.1, -0.05) is 30.3 Å². The van der Waals surface area contributed by atoms with Crippen LogP contribution in [0.1, 0.15) is 17.7 Å². The Bertz CT molecular complexity index is 753. The summed E-state index contributed by atoms with van der Waals surface area (Å²) in [6.45, 7) is 1.62. The van der Waals surface area contributed by atoms with E-state index in [4.69, 9.17) is 0 Å². The second-order valence-corrected chi connectivity index (χ2v) is 7.65. The lowest BCUT2D eigenvalue weighted by Crippen LogP contribution is -2.10. The van der Waals surface area contributed by atoms with Gasteiger partial charge in [0.2, 0.25) is 0 Å². The second kappa shape index (κ2) is 5.76. The Hall–Kier alpha value is -1.66. The van der Waals surface area contributed by atoms with E-state index in [1.807, 2.05) is 6.07 Å². The molecule has 0 aromatic heterocycles. The summed E-state index contributed by atoms with van der Waals surface area (Å²) < 4.78 is 46.5. The van der Waals surface area contributed by atoms with E-state index in [0.29, 0.717) is 5.56 Å². The first kappa shape index (κ1) is 14.7. The molecule has 0 N–H and O–H groups in total. The van der Waals surface area contributed by atoms with E-state index in [1.54, 1.807) is 31.2 Å². The van der Waals surface area contributed by atoms with Gasteiger partial charge in [-0.3, -0.25) is 0 Å². The molecule has 2 aromatic carbocycles. The summed E-state index contributed by atoms with van der Waals surface area (Å²) >= 11 is 0. The molecule has 6 heteroatoms.